The van der Waals surface area contributed by atoms with Crippen LogP contribution in [0.25, 0.3) is 66.5 Å². The Morgan fingerprint density at radius 3 is 1.25 bits per heavy atom. The Bertz CT molecular complexity index is 2660. The molecule has 0 atom stereocenters. The van der Waals surface area contributed by atoms with Crippen LogP contribution in [-0.4, -0.2) is 24.6 Å². The minimum atomic E-state index is -0.526. The first-order valence-corrected chi connectivity index (χ1v) is 14.1. The standard InChI is InChI=1S/C34H14BF5N4/c36-15-1-5-20-24(9-15)41-22-7-3-17(38)11-26(22)43-28-13-19(40)14-29-32(28)35(30(20)33(41)43)31-21-6-2-16(37)10-25(21)42-23-8-4-18(39)12-27(23)44(29)34(31)42/h1-14H. The lowest BCUT2D eigenvalue weighted by Crippen LogP contribution is -2.59. The van der Waals surface area contributed by atoms with Gasteiger partial charge in [-0.15, -0.1) is 0 Å². The van der Waals surface area contributed by atoms with Crippen LogP contribution in [0.3, 0.4) is 0 Å². The first kappa shape index (κ1) is 23.0. The third-order valence-electron chi connectivity index (χ3n) is 9.60. The van der Waals surface area contributed by atoms with Gasteiger partial charge in [0.1, 0.15) is 40.4 Å². The lowest BCUT2D eigenvalue weighted by atomic mass is 9.34. The van der Waals surface area contributed by atoms with Crippen LogP contribution in [0.15, 0.2) is 84.9 Å². The molecule has 44 heavy (non-hydrogen) atoms. The van der Waals surface area contributed by atoms with Gasteiger partial charge in [0.2, 0.25) is 0 Å². The molecule has 2 aliphatic heterocycles. The van der Waals surface area contributed by atoms with E-state index in [1.165, 1.54) is 60.7 Å². The minimum absolute atomic E-state index is 0.423. The van der Waals surface area contributed by atoms with Gasteiger partial charge < -0.3 is 0 Å². The van der Waals surface area contributed by atoms with E-state index in [-0.39, 0.29) is 0 Å². The van der Waals surface area contributed by atoms with Gasteiger partial charge in [0.15, 0.2) is 0 Å². The van der Waals surface area contributed by atoms with E-state index in [0.717, 1.165) is 27.2 Å². The molecule has 0 unspecified atom stereocenters. The Morgan fingerprint density at radius 1 is 0.386 bits per heavy atom. The number of rotatable bonds is 0. The van der Waals surface area contributed by atoms with Crippen LogP contribution in [0.1, 0.15) is 0 Å². The molecule has 0 saturated carbocycles. The summed E-state index contributed by atoms with van der Waals surface area (Å²) < 4.78 is 82.7. The molecule has 5 aromatic carbocycles. The molecule has 0 saturated heterocycles. The highest BCUT2D eigenvalue weighted by molar-refractivity contribution is 7.02. The zero-order valence-electron chi connectivity index (χ0n) is 22.3. The van der Waals surface area contributed by atoms with Gasteiger partial charge in [-0.3, -0.25) is 17.9 Å². The van der Waals surface area contributed by atoms with Crippen LogP contribution >= 0.6 is 0 Å². The lowest BCUT2D eigenvalue weighted by Gasteiger charge is -2.31. The monoisotopic (exact) mass is 584 g/mol. The predicted molar refractivity (Wildman–Crippen MR) is 161 cm³/mol. The molecule has 0 spiro atoms. The topological polar surface area (TPSA) is 18.7 Å². The van der Waals surface area contributed by atoms with Gasteiger partial charge in [-0.2, -0.15) is 0 Å². The molecule has 0 fully saturated rings. The van der Waals surface area contributed by atoms with Crippen molar-refractivity contribution in [3.63, 3.8) is 0 Å². The zero-order valence-corrected chi connectivity index (χ0v) is 22.3. The van der Waals surface area contributed by atoms with Crippen molar-refractivity contribution in [3.05, 3.63) is 114 Å². The number of fused-ring (bicyclic) bond motifs is 16. The van der Waals surface area contributed by atoms with Crippen LogP contribution in [0.2, 0.25) is 0 Å². The summed E-state index contributed by atoms with van der Waals surface area (Å²) in [5.41, 5.74) is 8.26. The summed E-state index contributed by atoms with van der Waals surface area (Å²) in [6.07, 6.45) is 0. The summed E-state index contributed by atoms with van der Waals surface area (Å²) in [5.74, 6) is -2.30. The SMILES string of the molecule is Fc1cc2c3c(c1)-n1c4cc(F)ccc4n4c5cc(F)ccc5c(c14)B3c1c3ccc(F)cc3n3c4ccc(F)cc4n-2c13. The molecule has 4 nitrogen and oxygen atoms in total. The van der Waals surface area contributed by atoms with E-state index in [4.69, 9.17) is 0 Å². The van der Waals surface area contributed by atoms with E-state index < -0.39 is 35.8 Å². The first-order chi connectivity index (χ1) is 21.4. The van der Waals surface area contributed by atoms with Crippen molar-refractivity contribution in [2.75, 3.05) is 0 Å². The molecule has 0 N–H and O–H groups in total. The summed E-state index contributed by atoms with van der Waals surface area (Å²) in [7, 11) is 0. The van der Waals surface area contributed by atoms with Gasteiger partial charge in [0.25, 0.3) is 6.71 Å². The van der Waals surface area contributed by atoms with Crippen molar-refractivity contribution in [1.82, 2.24) is 17.9 Å². The summed E-state index contributed by atoms with van der Waals surface area (Å²) in [6, 6.07) is 20.9. The zero-order chi connectivity index (χ0) is 29.3. The molecular weight excluding hydrogens is 570 g/mol. The fourth-order valence-corrected chi connectivity index (χ4v) is 8.18. The average molecular weight is 584 g/mol. The second kappa shape index (κ2) is 7.16. The van der Waals surface area contributed by atoms with Crippen LogP contribution in [0.4, 0.5) is 22.0 Å². The smallest absolute Gasteiger partial charge is 0.258 e. The molecule has 6 heterocycles. The molecule has 11 rings (SSSR count). The van der Waals surface area contributed by atoms with Crippen LogP contribution in [0.5, 0.6) is 0 Å². The molecule has 0 bridgehead atoms. The van der Waals surface area contributed by atoms with E-state index in [0.29, 0.717) is 55.8 Å². The third-order valence-corrected chi connectivity index (χ3v) is 9.60. The number of nitrogens with zero attached hydrogens (tertiary/aromatic N) is 4. The normalized spacial score (nSPS) is 13.5. The third kappa shape index (κ3) is 2.40. The summed E-state index contributed by atoms with van der Waals surface area (Å²) in [4.78, 5) is 0. The first-order valence-electron chi connectivity index (χ1n) is 14.1. The number of halogens is 5. The van der Waals surface area contributed by atoms with Crippen LogP contribution < -0.4 is 16.4 Å². The second-order valence-electron chi connectivity index (χ2n) is 11.7. The fourth-order valence-electron chi connectivity index (χ4n) is 8.18. The maximum Gasteiger partial charge on any atom is 0.258 e. The number of hydrogen-bond acceptors (Lipinski definition) is 0. The van der Waals surface area contributed by atoms with E-state index in [2.05, 4.69) is 0 Å². The minimum Gasteiger partial charge on any atom is -0.295 e. The largest absolute Gasteiger partial charge is 0.295 e. The number of benzene rings is 5. The van der Waals surface area contributed by atoms with E-state index in [1.807, 2.05) is 17.9 Å². The molecule has 208 valence electrons. The Balaban J connectivity index is 1.48. The van der Waals surface area contributed by atoms with E-state index >= 15 is 4.39 Å². The summed E-state index contributed by atoms with van der Waals surface area (Å²) >= 11 is 0. The molecule has 0 amide bonds. The lowest BCUT2D eigenvalue weighted by molar-refractivity contribution is 0.626. The molecular formula is C34H14BF5N4. The Hall–Kier alpha value is -5.51. The number of hydrogen-bond donors (Lipinski definition) is 0. The molecule has 0 radical (unpaired) electrons. The number of imidazole rings is 2. The molecule has 2 aliphatic rings. The van der Waals surface area contributed by atoms with Crippen molar-refractivity contribution in [2.24, 2.45) is 0 Å². The van der Waals surface area contributed by atoms with Gasteiger partial charge >= 0.3 is 0 Å². The molecule has 0 aliphatic carbocycles. The van der Waals surface area contributed by atoms with Crippen molar-refractivity contribution in [1.29, 1.82) is 0 Å². The highest BCUT2D eigenvalue weighted by Gasteiger charge is 2.45. The predicted octanol–water partition coefficient (Wildman–Crippen LogP) is 6.22. The Labute approximate surface area is 243 Å². The van der Waals surface area contributed by atoms with Crippen LogP contribution in [-0.2, 0) is 0 Å². The van der Waals surface area contributed by atoms with E-state index in [9.17, 15) is 17.6 Å². The van der Waals surface area contributed by atoms with Crippen LogP contribution in [0, 0.1) is 29.1 Å². The molecule has 4 aromatic heterocycles. The van der Waals surface area contributed by atoms with Crippen molar-refractivity contribution in [2.45, 2.75) is 0 Å². The van der Waals surface area contributed by atoms with Crippen molar-refractivity contribution >= 4 is 78.3 Å². The van der Waals surface area contributed by atoms with Gasteiger partial charge in [-0.05, 0) is 87.8 Å². The van der Waals surface area contributed by atoms with Gasteiger partial charge in [0.05, 0.1) is 33.1 Å². The van der Waals surface area contributed by atoms with Gasteiger partial charge in [0, 0.05) is 23.5 Å². The fraction of sp³-hybridized carbons (Fsp3) is 0. The highest BCUT2D eigenvalue weighted by Crippen LogP contribution is 2.39. The molecule has 9 aromatic rings. The van der Waals surface area contributed by atoms with Gasteiger partial charge in [-0.25, -0.2) is 22.0 Å². The number of aromatic nitrogens is 4. The second-order valence-corrected chi connectivity index (χ2v) is 11.7. The average Bonchev–Trinajstić information content (AvgIpc) is 3.70. The maximum atomic E-state index is 15.8. The Kier molecular flexibility index (Phi) is 3.75. The summed E-state index contributed by atoms with van der Waals surface area (Å²) in [5, 5.41) is 1.58. The Morgan fingerprint density at radius 2 is 0.795 bits per heavy atom. The van der Waals surface area contributed by atoms with Crippen molar-refractivity contribution in [3.8, 4) is 11.4 Å². The maximum absolute atomic E-state index is 15.8. The van der Waals surface area contributed by atoms with Gasteiger partial charge in [-0.1, -0.05) is 12.1 Å². The highest BCUT2D eigenvalue weighted by atomic mass is 19.1. The van der Waals surface area contributed by atoms with Crippen molar-refractivity contribution < 1.29 is 22.0 Å². The van der Waals surface area contributed by atoms with E-state index in [1.54, 1.807) is 24.3 Å². The quantitative estimate of drug-likeness (QED) is 0.149. The summed E-state index contributed by atoms with van der Waals surface area (Å²) in [6.45, 7) is -0.486. The molecule has 10 heteroatoms.